The van der Waals surface area contributed by atoms with E-state index in [9.17, 15) is 0 Å². The summed E-state index contributed by atoms with van der Waals surface area (Å²) < 4.78 is 2.49. The Labute approximate surface area is 143 Å². The second-order valence-corrected chi connectivity index (χ2v) is 6.93. The van der Waals surface area contributed by atoms with E-state index in [1.807, 2.05) is 0 Å². The number of nitrogens with zero attached hydrogens (tertiary/aromatic N) is 1. The van der Waals surface area contributed by atoms with Crippen LogP contribution in [0.5, 0.6) is 0 Å². The zero-order valence-corrected chi connectivity index (χ0v) is 14.8. The number of rotatable bonds is 2. The van der Waals surface area contributed by atoms with Gasteiger partial charge in [0.05, 0.1) is 5.52 Å². The average molecular weight is 313 g/mol. The normalized spacial score (nSPS) is 11.7. The number of fused-ring (bicyclic) bond motifs is 3. The van der Waals surface area contributed by atoms with E-state index in [0.717, 1.165) is 0 Å². The van der Waals surface area contributed by atoms with Crippen molar-refractivity contribution in [1.82, 2.24) is 4.57 Å². The zero-order chi connectivity index (χ0) is 16.8. The highest BCUT2D eigenvalue weighted by Crippen LogP contribution is 2.38. The molecular formula is C23H23N. The molecule has 0 atom stereocenters. The van der Waals surface area contributed by atoms with Crippen LogP contribution in [0.3, 0.4) is 0 Å². The van der Waals surface area contributed by atoms with Gasteiger partial charge in [-0.2, -0.15) is 0 Å². The molecule has 1 heteroatoms. The summed E-state index contributed by atoms with van der Waals surface area (Å²) in [5.41, 5.74) is 8.06. The lowest BCUT2D eigenvalue weighted by atomic mass is 9.95. The van der Waals surface area contributed by atoms with E-state index >= 15 is 0 Å². The highest BCUT2D eigenvalue weighted by Gasteiger charge is 2.17. The molecule has 0 fully saturated rings. The van der Waals surface area contributed by atoms with Crippen LogP contribution in [0.4, 0.5) is 0 Å². The fourth-order valence-corrected chi connectivity index (χ4v) is 3.96. The number of para-hydroxylation sites is 1. The number of benzene rings is 3. The summed E-state index contributed by atoms with van der Waals surface area (Å²) in [4.78, 5) is 0. The van der Waals surface area contributed by atoms with Gasteiger partial charge in [0.1, 0.15) is 0 Å². The van der Waals surface area contributed by atoms with Crippen LogP contribution in [0.25, 0.3) is 32.9 Å². The second-order valence-electron chi connectivity index (χ2n) is 6.93. The molecule has 0 amide bonds. The van der Waals surface area contributed by atoms with Gasteiger partial charge >= 0.3 is 0 Å². The summed E-state index contributed by atoms with van der Waals surface area (Å²) >= 11 is 0. The molecule has 3 aromatic carbocycles. The largest absolute Gasteiger partial charge is 0.338 e. The van der Waals surface area contributed by atoms with Crippen LogP contribution in [0.15, 0.2) is 60.7 Å². The van der Waals surface area contributed by atoms with Gasteiger partial charge in [-0.15, -0.1) is 0 Å². The number of aryl methyl sites for hydroxylation is 2. The number of hydrogen-bond acceptors (Lipinski definition) is 0. The van der Waals surface area contributed by atoms with Crippen molar-refractivity contribution in [2.45, 2.75) is 33.7 Å². The molecule has 0 N–H and O–H groups in total. The molecule has 1 nitrogen and oxygen atoms in total. The molecule has 24 heavy (non-hydrogen) atoms. The molecule has 0 saturated carbocycles. The third-order valence-electron chi connectivity index (χ3n) is 5.08. The van der Waals surface area contributed by atoms with Gasteiger partial charge in [-0.3, -0.25) is 0 Å². The van der Waals surface area contributed by atoms with Gasteiger partial charge in [-0.05, 0) is 56.0 Å². The van der Waals surface area contributed by atoms with Crippen molar-refractivity contribution in [2.24, 2.45) is 0 Å². The van der Waals surface area contributed by atoms with Gasteiger partial charge in [0.15, 0.2) is 0 Å². The van der Waals surface area contributed by atoms with Gasteiger partial charge in [0, 0.05) is 22.3 Å². The Hall–Kier alpha value is -2.54. The first kappa shape index (κ1) is 15.0. The smallest absolute Gasteiger partial charge is 0.0529 e. The molecule has 1 heterocycles. The molecule has 0 saturated heterocycles. The van der Waals surface area contributed by atoms with Crippen LogP contribution >= 0.6 is 0 Å². The van der Waals surface area contributed by atoms with Crippen molar-refractivity contribution >= 4 is 21.8 Å². The first-order valence-corrected chi connectivity index (χ1v) is 8.68. The molecule has 4 rings (SSSR count). The van der Waals surface area contributed by atoms with E-state index in [1.165, 1.54) is 44.1 Å². The Bertz CT molecular complexity index is 1050. The SMILES string of the molecule is Cc1ccccc1-c1ccc2c3ccccc3n(C(C)C)c2c1C. The minimum absolute atomic E-state index is 0.429. The van der Waals surface area contributed by atoms with Crippen molar-refractivity contribution in [1.29, 1.82) is 0 Å². The Morgan fingerprint density at radius 3 is 2.17 bits per heavy atom. The third kappa shape index (κ3) is 2.08. The fourth-order valence-electron chi connectivity index (χ4n) is 3.96. The van der Waals surface area contributed by atoms with E-state index in [0.29, 0.717) is 6.04 Å². The minimum atomic E-state index is 0.429. The zero-order valence-electron chi connectivity index (χ0n) is 14.8. The molecule has 0 aliphatic rings. The van der Waals surface area contributed by atoms with Crippen LogP contribution in [0, 0.1) is 13.8 Å². The summed E-state index contributed by atoms with van der Waals surface area (Å²) in [5, 5.41) is 2.70. The van der Waals surface area contributed by atoms with E-state index in [2.05, 4.69) is 92.9 Å². The monoisotopic (exact) mass is 313 g/mol. The Morgan fingerprint density at radius 2 is 1.42 bits per heavy atom. The van der Waals surface area contributed by atoms with Gasteiger partial charge < -0.3 is 4.57 Å². The van der Waals surface area contributed by atoms with Crippen LogP contribution in [-0.4, -0.2) is 4.57 Å². The maximum Gasteiger partial charge on any atom is 0.0529 e. The highest BCUT2D eigenvalue weighted by atomic mass is 15.0. The van der Waals surface area contributed by atoms with Crippen LogP contribution in [0.2, 0.25) is 0 Å². The molecule has 0 unspecified atom stereocenters. The molecular weight excluding hydrogens is 290 g/mol. The molecule has 0 radical (unpaired) electrons. The van der Waals surface area contributed by atoms with Crippen molar-refractivity contribution in [3.63, 3.8) is 0 Å². The second kappa shape index (κ2) is 5.52. The highest BCUT2D eigenvalue weighted by molar-refractivity contribution is 6.10. The summed E-state index contributed by atoms with van der Waals surface area (Å²) in [6, 6.07) is 22.4. The van der Waals surface area contributed by atoms with Gasteiger partial charge in [-0.25, -0.2) is 0 Å². The van der Waals surface area contributed by atoms with E-state index in [1.54, 1.807) is 0 Å². The predicted molar refractivity (Wildman–Crippen MR) is 105 cm³/mol. The Balaban J connectivity index is 2.15. The van der Waals surface area contributed by atoms with E-state index in [4.69, 9.17) is 0 Å². The lowest BCUT2D eigenvalue weighted by Crippen LogP contribution is -2.01. The van der Waals surface area contributed by atoms with Gasteiger partial charge in [0.25, 0.3) is 0 Å². The first-order valence-electron chi connectivity index (χ1n) is 8.68. The summed E-state index contributed by atoms with van der Waals surface area (Å²) in [6.45, 7) is 9.00. The van der Waals surface area contributed by atoms with E-state index < -0.39 is 0 Å². The summed E-state index contributed by atoms with van der Waals surface area (Å²) in [6.07, 6.45) is 0. The van der Waals surface area contributed by atoms with Crippen LogP contribution in [0.1, 0.15) is 31.0 Å². The van der Waals surface area contributed by atoms with Crippen LogP contribution < -0.4 is 0 Å². The summed E-state index contributed by atoms with van der Waals surface area (Å²) in [7, 11) is 0. The molecule has 0 bridgehead atoms. The first-order chi connectivity index (χ1) is 11.6. The van der Waals surface area contributed by atoms with Crippen molar-refractivity contribution in [3.8, 4) is 11.1 Å². The quantitative estimate of drug-likeness (QED) is 0.390. The third-order valence-corrected chi connectivity index (χ3v) is 5.08. The standard InChI is InChI=1S/C23H23N/c1-15(2)24-22-12-8-7-11-20(22)21-14-13-19(17(4)23(21)24)18-10-6-5-9-16(18)3/h5-15H,1-4H3. The molecule has 120 valence electrons. The van der Waals surface area contributed by atoms with Crippen molar-refractivity contribution in [3.05, 3.63) is 71.8 Å². The van der Waals surface area contributed by atoms with Gasteiger partial charge in [0.2, 0.25) is 0 Å². The maximum atomic E-state index is 2.49. The average Bonchev–Trinajstić information content (AvgIpc) is 2.92. The molecule has 0 spiro atoms. The van der Waals surface area contributed by atoms with Crippen molar-refractivity contribution in [2.75, 3.05) is 0 Å². The number of aromatic nitrogens is 1. The van der Waals surface area contributed by atoms with Crippen LogP contribution in [-0.2, 0) is 0 Å². The predicted octanol–water partition coefficient (Wildman–Crippen LogP) is 6.66. The summed E-state index contributed by atoms with van der Waals surface area (Å²) in [5.74, 6) is 0. The van der Waals surface area contributed by atoms with Gasteiger partial charge in [-0.1, -0.05) is 54.6 Å². The maximum absolute atomic E-state index is 2.49. The molecule has 1 aromatic heterocycles. The lowest BCUT2D eigenvalue weighted by Gasteiger charge is -2.16. The molecule has 4 aromatic rings. The Kier molecular flexibility index (Phi) is 3.45. The van der Waals surface area contributed by atoms with E-state index in [-0.39, 0.29) is 0 Å². The lowest BCUT2D eigenvalue weighted by molar-refractivity contribution is 0.641. The molecule has 0 aliphatic carbocycles. The fraction of sp³-hybridized carbons (Fsp3) is 0.217. The minimum Gasteiger partial charge on any atom is -0.338 e. The molecule has 0 aliphatic heterocycles. The topological polar surface area (TPSA) is 4.93 Å². The number of hydrogen-bond donors (Lipinski definition) is 0. The Morgan fingerprint density at radius 1 is 0.708 bits per heavy atom. The van der Waals surface area contributed by atoms with Crippen molar-refractivity contribution < 1.29 is 0 Å².